The fraction of sp³-hybridized carbons (Fsp3) is 0.500. The van der Waals surface area contributed by atoms with Gasteiger partial charge in [0.15, 0.2) is 5.82 Å². The van der Waals surface area contributed by atoms with Crippen molar-refractivity contribution in [2.24, 2.45) is 5.92 Å². The van der Waals surface area contributed by atoms with Gasteiger partial charge in [-0.05, 0) is 30.9 Å². The Morgan fingerprint density at radius 1 is 1.50 bits per heavy atom. The highest BCUT2D eigenvalue weighted by atomic mass is 35.5. The van der Waals surface area contributed by atoms with Crippen molar-refractivity contribution >= 4 is 27.3 Å². The van der Waals surface area contributed by atoms with Crippen LogP contribution in [-0.2, 0) is 10.0 Å². The van der Waals surface area contributed by atoms with Crippen molar-refractivity contribution in [3.05, 3.63) is 23.0 Å². The lowest BCUT2D eigenvalue weighted by atomic mass is 10.1. The number of halogens is 2. The molecule has 5 nitrogen and oxygen atoms in total. The van der Waals surface area contributed by atoms with Crippen LogP contribution in [0.4, 0.5) is 10.1 Å². The molecular weight excluding hydrogens is 307 g/mol. The van der Waals surface area contributed by atoms with E-state index in [9.17, 15) is 12.8 Å². The molecule has 3 N–H and O–H groups in total. The molecule has 0 amide bonds. The molecule has 0 aromatic heterocycles. The first-order valence-corrected chi connectivity index (χ1v) is 8.03. The summed E-state index contributed by atoms with van der Waals surface area (Å²) in [7, 11) is -3.95. The van der Waals surface area contributed by atoms with Crippen LogP contribution in [0.1, 0.15) is 12.8 Å². The van der Waals surface area contributed by atoms with Gasteiger partial charge in [-0.25, -0.2) is 12.8 Å². The van der Waals surface area contributed by atoms with E-state index in [2.05, 4.69) is 0 Å². The smallest absolute Gasteiger partial charge is 0.246 e. The van der Waals surface area contributed by atoms with Crippen LogP contribution >= 0.6 is 11.6 Å². The first-order valence-electron chi connectivity index (χ1n) is 6.21. The van der Waals surface area contributed by atoms with Crippen LogP contribution in [-0.4, -0.2) is 37.5 Å². The van der Waals surface area contributed by atoms with Crippen LogP contribution < -0.4 is 5.73 Å². The molecule has 0 bridgehead atoms. The van der Waals surface area contributed by atoms with Crippen molar-refractivity contribution in [1.29, 1.82) is 0 Å². The molecule has 1 aromatic rings. The Balaban J connectivity index is 2.32. The van der Waals surface area contributed by atoms with E-state index >= 15 is 0 Å². The summed E-state index contributed by atoms with van der Waals surface area (Å²) in [6, 6.07) is 2.25. The predicted octanol–water partition coefficient (Wildman–Crippen LogP) is 1.45. The largest absolute Gasteiger partial charge is 0.396 e. The lowest BCUT2D eigenvalue weighted by Crippen LogP contribution is -2.30. The van der Waals surface area contributed by atoms with Crippen LogP contribution in [0.5, 0.6) is 0 Å². The lowest BCUT2D eigenvalue weighted by Gasteiger charge is -2.17. The summed E-state index contributed by atoms with van der Waals surface area (Å²) in [5.74, 6) is -0.880. The molecule has 8 heteroatoms. The summed E-state index contributed by atoms with van der Waals surface area (Å²) in [4.78, 5) is -0.493. The average Bonchev–Trinajstić information content (AvgIpc) is 2.83. The molecule has 0 saturated carbocycles. The molecule has 1 fully saturated rings. The van der Waals surface area contributed by atoms with E-state index in [0.717, 1.165) is 6.07 Å². The van der Waals surface area contributed by atoms with E-state index < -0.39 is 20.7 Å². The topological polar surface area (TPSA) is 83.6 Å². The van der Waals surface area contributed by atoms with Crippen LogP contribution in [0.15, 0.2) is 17.0 Å². The Morgan fingerprint density at radius 2 is 2.20 bits per heavy atom. The molecule has 112 valence electrons. The highest BCUT2D eigenvalue weighted by molar-refractivity contribution is 7.89. The minimum Gasteiger partial charge on any atom is -0.396 e. The molecule has 1 heterocycles. The zero-order chi connectivity index (χ0) is 14.9. The quantitative estimate of drug-likeness (QED) is 0.822. The van der Waals surface area contributed by atoms with E-state index in [0.29, 0.717) is 19.4 Å². The third kappa shape index (κ3) is 2.90. The number of hydrogen-bond donors (Lipinski definition) is 2. The Morgan fingerprint density at radius 3 is 2.85 bits per heavy atom. The number of sulfonamides is 1. The summed E-state index contributed by atoms with van der Waals surface area (Å²) in [6.07, 6.45) is 1.18. The van der Waals surface area contributed by atoms with E-state index in [4.69, 9.17) is 22.4 Å². The van der Waals surface area contributed by atoms with E-state index in [1.165, 1.54) is 10.4 Å². The molecule has 20 heavy (non-hydrogen) atoms. The van der Waals surface area contributed by atoms with Crippen molar-refractivity contribution in [2.75, 3.05) is 25.4 Å². The number of nitrogen functional groups attached to an aromatic ring is 1. The Bertz CT molecular complexity index is 609. The Labute approximate surface area is 122 Å². The number of aliphatic hydroxyl groups excluding tert-OH is 1. The summed E-state index contributed by atoms with van der Waals surface area (Å²) in [6.45, 7) is 0.588. The van der Waals surface area contributed by atoms with Gasteiger partial charge in [0.25, 0.3) is 0 Å². The Hall–Kier alpha value is -0.890. The molecule has 0 spiro atoms. The third-order valence-electron chi connectivity index (χ3n) is 3.44. The number of hydrogen-bond acceptors (Lipinski definition) is 4. The van der Waals surface area contributed by atoms with Gasteiger partial charge in [-0.15, -0.1) is 0 Å². The van der Waals surface area contributed by atoms with Crippen molar-refractivity contribution in [3.63, 3.8) is 0 Å². The zero-order valence-corrected chi connectivity index (χ0v) is 12.3. The van der Waals surface area contributed by atoms with E-state index in [1.807, 2.05) is 0 Å². The fourth-order valence-corrected chi connectivity index (χ4v) is 4.29. The molecular formula is C12H16ClFN2O3S. The van der Waals surface area contributed by atoms with Gasteiger partial charge in [-0.3, -0.25) is 0 Å². The molecule has 1 atom stereocenters. The molecule has 1 saturated heterocycles. The van der Waals surface area contributed by atoms with Gasteiger partial charge in [0.05, 0.1) is 5.69 Å². The van der Waals surface area contributed by atoms with Gasteiger partial charge in [0, 0.05) is 24.7 Å². The van der Waals surface area contributed by atoms with Crippen molar-refractivity contribution in [1.82, 2.24) is 4.31 Å². The van der Waals surface area contributed by atoms with Gasteiger partial charge < -0.3 is 10.8 Å². The van der Waals surface area contributed by atoms with Crippen LogP contribution in [0, 0.1) is 11.7 Å². The third-order valence-corrected chi connectivity index (χ3v) is 5.52. The number of nitrogens with two attached hydrogens (primary N) is 1. The number of nitrogens with zero attached hydrogens (tertiary/aromatic N) is 1. The second kappa shape index (κ2) is 5.85. The first kappa shape index (κ1) is 15.5. The zero-order valence-electron chi connectivity index (χ0n) is 10.7. The normalized spacial score (nSPS) is 20.4. The van der Waals surface area contributed by atoms with Gasteiger partial charge >= 0.3 is 0 Å². The molecule has 0 aliphatic carbocycles. The highest BCUT2D eigenvalue weighted by Crippen LogP contribution is 2.31. The molecule has 1 aliphatic heterocycles. The fourth-order valence-electron chi connectivity index (χ4n) is 2.34. The first-order chi connectivity index (χ1) is 9.36. The minimum atomic E-state index is -3.95. The second-order valence-corrected chi connectivity index (χ2v) is 7.18. The predicted molar refractivity (Wildman–Crippen MR) is 74.4 cm³/mol. The van der Waals surface area contributed by atoms with Crippen molar-refractivity contribution in [2.45, 2.75) is 17.7 Å². The van der Waals surface area contributed by atoms with Gasteiger partial charge in [-0.2, -0.15) is 4.31 Å². The van der Waals surface area contributed by atoms with Gasteiger partial charge in [0.2, 0.25) is 10.0 Å². The van der Waals surface area contributed by atoms with Crippen molar-refractivity contribution in [3.8, 4) is 0 Å². The second-order valence-electron chi connectivity index (χ2n) is 4.84. The van der Waals surface area contributed by atoms with Gasteiger partial charge in [-0.1, -0.05) is 11.6 Å². The number of anilines is 1. The Kier molecular flexibility index (Phi) is 4.53. The standard InChI is InChI=1S/C12H16ClFN2O3S/c13-9-5-10(15)12(14)11(6-9)20(18,19)16-3-1-8(7-16)2-4-17/h5-6,8,17H,1-4,7,15H2. The van der Waals surface area contributed by atoms with E-state index in [-0.39, 0.29) is 29.8 Å². The van der Waals surface area contributed by atoms with Crippen LogP contribution in [0.25, 0.3) is 0 Å². The highest BCUT2D eigenvalue weighted by Gasteiger charge is 2.34. The maximum absolute atomic E-state index is 13.9. The van der Waals surface area contributed by atoms with E-state index in [1.54, 1.807) is 0 Å². The summed E-state index contributed by atoms with van der Waals surface area (Å²) in [5.41, 5.74) is 5.13. The lowest BCUT2D eigenvalue weighted by molar-refractivity contribution is 0.259. The van der Waals surface area contributed by atoms with Crippen LogP contribution in [0.3, 0.4) is 0 Å². The minimum absolute atomic E-state index is 0.0109. The number of benzene rings is 1. The summed E-state index contributed by atoms with van der Waals surface area (Å²) >= 11 is 5.75. The van der Waals surface area contributed by atoms with Crippen LogP contribution in [0.2, 0.25) is 5.02 Å². The van der Waals surface area contributed by atoms with Gasteiger partial charge in [0.1, 0.15) is 4.90 Å². The number of aliphatic hydroxyl groups is 1. The number of rotatable bonds is 4. The molecule has 0 radical (unpaired) electrons. The molecule has 2 rings (SSSR count). The average molecular weight is 323 g/mol. The summed E-state index contributed by atoms with van der Waals surface area (Å²) < 4.78 is 40.0. The maximum atomic E-state index is 13.9. The summed E-state index contributed by atoms with van der Waals surface area (Å²) in [5, 5.41) is 8.97. The maximum Gasteiger partial charge on any atom is 0.246 e. The molecule has 1 aromatic carbocycles. The molecule has 1 unspecified atom stereocenters. The van der Waals surface area contributed by atoms with Crippen molar-refractivity contribution < 1.29 is 17.9 Å². The SMILES string of the molecule is Nc1cc(Cl)cc(S(=O)(=O)N2CCC(CCO)C2)c1F. The monoisotopic (exact) mass is 322 g/mol. The molecule has 1 aliphatic rings.